The summed E-state index contributed by atoms with van der Waals surface area (Å²) >= 11 is 0. The van der Waals surface area contributed by atoms with Crippen LogP contribution in [0, 0.1) is 12.8 Å². The molecule has 0 radical (unpaired) electrons. The number of amides is 1. The molecule has 5 nitrogen and oxygen atoms in total. The molecule has 1 amide bonds. The summed E-state index contributed by atoms with van der Waals surface area (Å²) in [6, 6.07) is 0. The van der Waals surface area contributed by atoms with Gasteiger partial charge in [0.15, 0.2) is 0 Å². The van der Waals surface area contributed by atoms with E-state index in [1.807, 2.05) is 23.6 Å². The number of aryl methyl sites for hydroxylation is 2. The normalized spacial score (nSPS) is 19.7. The summed E-state index contributed by atoms with van der Waals surface area (Å²) in [6.45, 7) is 8.58. The highest BCUT2D eigenvalue weighted by atomic mass is 16.2. The van der Waals surface area contributed by atoms with E-state index < -0.39 is 0 Å². The zero-order valence-electron chi connectivity index (χ0n) is 11.7. The number of hydrogen-bond donors (Lipinski definition) is 1. The smallest absolute Gasteiger partial charge is 0.223 e. The Kier molecular flexibility index (Phi) is 3.59. The number of carbonyl (C=O) groups excluding carboxylic acids is 1. The summed E-state index contributed by atoms with van der Waals surface area (Å²) in [6.07, 6.45) is 0.676. The molecular weight excluding hydrogens is 228 g/mol. The summed E-state index contributed by atoms with van der Waals surface area (Å²) in [5, 5.41) is 7.76. The van der Waals surface area contributed by atoms with Crippen LogP contribution in [0.5, 0.6) is 0 Å². The van der Waals surface area contributed by atoms with Crippen molar-refractivity contribution in [2.24, 2.45) is 13.0 Å². The van der Waals surface area contributed by atoms with Gasteiger partial charge in [-0.05, 0) is 19.8 Å². The summed E-state index contributed by atoms with van der Waals surface area (Å²) in [7, 11) is 1.93. The molecule has 100 valence electrons. The van der Waals surface area contributed by atoms with E-state index in [-0.39, 0.29) is 5.91 Å². The maximum absolute atomic E-state index is 11.9. The van der Waals surface area contributed by atoms with Gasteiger partial charge in [-0.3, -0.25) is 9.48 Å². The first-order valence-corrected chi connectivity index (χ1v) is 6.57. The maximum atomic E-state index is 11.9. The topological polar surface area (TPSA) is 50.2 Å². The number of rotatable bonds is 4. The maximum Gasteiger partial charge on any atom is 0.223 e. The predicted molar refractivity (Wildman–Crippen MR) is 71.3 cm³/mol. The molecule has 1 aliphatic heterocycles. The fourth-order valence-electron chi connectivity index (χ4n) is 2.59. The van der Waals surface area contributed by atoms with E-state index in [0.717, 1.165) is 30.2 Å². The fourth-order valence-corrected chi connectivity index (χ4v) is 2.59. The monoisotopic (exact) mass is 250 g/mol. The van der Waals surface area contributed by atoms with E-state index in [0.29, 0.717) is 18.9 Å². The molecule has 1 aromatic heterocycles. The number of carbonyl (C=O) groups is 1. The van der Waals surface area contributed by atoms with Gasteiger partial charge in [-0.2, -0.15) is 5.10 Å². The van der Waals surface area contributed by atoms with Crippen molar-refractivity contribution in [1.82, 2.24) is 14.7 Å². The molecule has 1 aromatic rings. The van der Waals surface area contributed by atoms with Crippen molar-refractivity contribution in [1.29, 1.82) is 0 Å². The number of anilines is 1. The first kappa shape index (κ1) is 12.9. The number of aromatic nitrogens is 2. The largest absolute Gasteiger partial charge is 0.370 e. The Hall–Kier alpha value is -1.52. The molecule has 18 heavy (non-hydrogen) atoms. The van der Waals surface area contributed by atoms with Crippen molar-refractivity contribution in [2.75, 3.05) is 18.4 Å². The van der Waals surface area contributed by atoms with Crippen LogP contribution in [0.1, 0.15) is 31.5 Å². The van der Waals surface area contributed by atoms with Gasteiger partial charge in [-0.25, -0.2) is 0 Å². The molecule has 1 saturated heterocycles. The highest BCUT2D eigenvalue weighted by molar-refractivity contribution is 5.78. The first-order chi connectivity index (χ1) is 8.52. The molecular formula is C13H22N4O. The van der Waals surface area contributed by atoms with Gasteiger partial charge in [0.2, 0.25) is 5.91 Å². The summed E-state index contributed by atoms with van der Waals surface area (Å²) in [4.78, 5) is 13.8. The third-order valence-corrected chi connectivity index (χ3v) is 3.45. The van der Waals surface area contributed by atoms with Crippen LogP contribution in [0.4, 0.5) is 5.82 Å². The first-order valence-electron chi connectivity index (χ1n) is 6.57. The van der Waals surface area contributed by atoms with Gasteiger partial charge < -0.3 is 10.2 Å². The lowest BCUT2D eigenvalue weighted by Crippen LogP contribution is -2.25. The van der Waals surface area contributed by atoms with Crippen LogP contribution in [-0.4, -0.2) is 33.7 Å². The summed E-state index contributed by atoms with van der Waals surface area (Å²) < 4.78 is 1.86. The van der Waals surface area contributed by atoms with E-state index >= 15 is 0 Å². The van der Waals surface area contributed by atoms with Gasteiger partial charge in [0.1, 0.15) is 5.82 Å². The number of nitrogens with zero attached hydrogens (tertiary/aromatic N) is 3. The van der Waals surface area contributed by atoms with E-state index in [4.69, 9.17) is 0 Å². The van der Waals surface area contributed by atoms with Crippen molar-refractivity contribution in [3.05, 3.63) is 11.3 Å². The Morgan fingerprint density at radius 2 is 2.22 bits per heavy atom. The molecule has 5 heteroatoms. The fraction of sp³-hybridized carbons (Fsp3) is 0.692. The molecule has 1 aliphatic rings. The van der Waals surface area contributed by atoms with Crippen LogP contribution in [-0.2, 0) is 18.4 Å². The van der Waals surface area contributed by atoms with E-state index in [2.05, 4.69) is 24.3 Å². The van der Waals surface area contributed by atoms with Gasteiger partial charge >= 0.3 is 0 Å². The van der Waals surface area contributed by atoms with Crippen LogP contribution in [0.3, 0.4) is 0 Å². The lowest BCUT2D eigenvalue weighted by Gasteiger charge is -2.17. The molecule has 0 aliphatic carbocycles. The SMILES string of the molecule is CCNc1c(CN2CC(C)CC2=O)c(C)nn1C. The average Bonchev–Trinajstić information content (AvgIpc) is 2.73. The van der Waals surface area contributed by atoms with Gasteiger partial charge in [0.25, 0.3) is 0 Å². The Morgan fingerprint density at radius 3 is 2.78 bits per heavy atom. The molecule has 1 unspecified atom stereocenters. The van der Waals surface area contributed by atoms with E-state index in [9.17, 15) is 4.79 Å². The highest BCUT2D eigenvalue weighted by Crippen LogP contribution is 2.25. The Bertz CT molecular complexity index is 452. The van der Waals surface area contributed by atoms with Crippen LogP contribution in [0.2, 0.25) is 0 Å². The van der Waals surface area contributed by atoms with Crippen molar-refractivity contribution in [3.8, 4) is 0 Å². The van der Waals surface area contributed by atoms with Crippen LogP contribution in [0.25, 0.3) is 0 Å². The molecule has 0 aromatic carbocycles. The Morgan fingerprint density at radius 1 is 1.50 bits per heavy atom. The average molecular weight is 250 g/mol. The van der Waals surface area contributed by atoms with Crippen molar-refractivity contribution in [2.45, 2.75) is 33.7 Å². The molecule has 0 spiro atoms. The second kappa shape index (κ2) is 5.00. The number of likely N-dealkylation sites (tertiary alicyclic amines) is 1. The third-order valence-electron chi connectivity index (χ3n) is 3.45. The lowest BCUT2D eigenvalue weighted by molar-refractivity contribution is -0.128. The van der Waals surface area contributed by atoms with Gasteiger partial charge in [0.05, 0.1) is 12.2 Å². The molecule has 2 heterocycles. The minimum absolute atomic E-state index is 0.258. The zero-order valence-corrected chi connectivity index (χ0v) is 11.7. The van der Waals surface area contributed by atoms with Crippen molar-refractivity contribution >= 4 is 11.7 Å². The van der Waals surface area contributed by atoms with Gasteiger partial charge in [-0.15, -0.1) is 0 Å². The molecule has 2 rings (SSSR count). The van der Waals surface area contributed by atoms with Gasteiger partial charge in [0, 0.05) is 32.1 Å². The molecule has 1 N–H and O–H groups in total. The van der Waals surface area contributed by atoms with Crippen LogP contribution >= 0.6 is 0 Å². The third kappa shape index (κ3) is 2.35. The molecule has 1 atom stereocenters. The van der Waals surface area contributed by atoms with Crippen LogP contribution < -0.4 is 5.32 Å². The summed E-state index contributed by atoms with van der Waals surface area (Å²) in [5.74, 6) is 1.76. The lowest BCUT2D eigenvalue weighted by atomic mass is 10.2. The Balaban J connectivity index is 2.20. The Labute approximate surface area is 108 Å². The predicted octanol–water partition coefficient (Wildman–Crippen LogP) is 1.53. The minimum Gasteiger partial charge on any atom is -0.370 e. The quantitative estimate of drug-likeness (QED) is 0.881. The number of hydrogen-bond acceptors (Lipinski definition) is 3. The molecule has 0 saturated carbocycles. The minimum atomic E-state index is 0.258. The zero-order chi connectivity index (χ0) is 13.3. The standard InChI is InChI=1S/C13H22N4O/c1-5-14-13-11(10(3)15-16(13)4)8-17-7-9(2)6-12(17)18/h9,14H,5-8H2,1-4H3. The summed E-state index contributed by atoms with van der Waals surface area (Å²) in [5.41, 5.74) is 2.14. The van der Waals surface area contributed by atoms with Crippen LogP contribution in [0.15, 0.2) is 0 Å². The van der Waals surface area contributed by atoms with E-state index in [1.54, 1.807) is 0 Å². The second-order valence-electron chi connectivity index (χ2n) is 5.15. The van der Waals surface area contributed by atoms with Crippen molar-refractivity contribution < 1.29 is 4.79 Å². The van der Waals surface area contributed by atoms with Gasteiger partial charge in [-0.1, -0.05) is 6.92 Å². The number of nitrogens with one attached hydrogen (secondary N) is 1. The van der Waals surface area contributed by atoms with E-state index in [1.165, 1.54) is 0 Å². The molecule has 1 fully saturated rings. The highest BCUT2D eigenvalue weighted by Gasteiger charge is 2.28. The second-order valence-corrected chi connectivity index (χ2v) is 5.15. The van der Waals surface area contributed by atoms with Crippen molar-refractivity contribution in [3.63, 3.8) is 0 Å². The molecule has 0 bridgehead atoms.